The number of nitrogens with zero attached hydrogens (tertiary/aromatic N) is 2. The molecule has 1 amide bonds. The Hall–Kier alpha value is -2.57. The molecule has 0 saturated carbocycles. The molecular weight excluding hydrogens is 377 g/mol. The van der Waals surface area contributed by atoms with Crippen molar-refractivity contribution in [1.82, 2.24) is 9.71 Å². The van der Waals surface area contributed by atoms with Crippen LogP contribution in [0.15, 0.2) is 35.4 Å². The van der Waals surface area contributed by atoms with Gasteiger partial charge in [-0.3, -0.25) is 4.79 Å². The summed E-state index contributed by atoms with van der Waals surface area (Å²) in [5.74, 6) is -1.89. The Morgan fingerprint density at radius 1 is 1.38 bits per heavy atom. The lowest BCUT2D eigenvalue weighted by Crippen LogP contribution is -2.29. The topological polar surface area (TPSA) is 99.9 Å². The van der Waals surface area contributed by atoms with Crippen LogP contribution in [0.3, 0.4) is 0 Å². The van der Waals surface area contributed by atoms with Gasteiger partial charge in [-0.1, -0.05) is 26.8 Å². The number of amides is 1. The predicted octanol–water partition coefficient (Wildman–Crippen LogP) is 2.97. The van der Waals surface area contributed by atoms with Gasteiger partial charge in [-0.2, -0.15) is 5.26 Å². The Labute approximate surface area is 155 Å². The van der Waals surface area contributed by atoms with Crippen molar-refractivity contribution < 1.29 is 17.6 Å². The molecule has 0 saturated heterocycles. The van der Waals surface area contributed by atoms with Crippen LogP contribution in [0.25, 0.3) is 6.08 Å². The molecule has 0 spiro atoms. The lowest BCUT2D eigenvalue weighted by atomic mass is 9.98. The first-order chi connectivity index (χ1) is 12.0. The summed E-state index contributed by atoms with van der Waals surface area (Å²) in [5.41, 5.74) is -0.776. The number of benzene rings is 1. The van der Waals surface area contributed by atoms with E-state index in [0.29, 0.717) is 4.88 Å². The molecular formula is C17H16FN3O3S2. The molecule has 1 aromatic heterocycles. The Balaban J connectivity index is 2.18. The van der Waals surface area contributed by atoms with Crippen LogP contribution in [0.5, 0.6) is 0 Å². The summed E-state index contributed by atoms with van der Waals surface area (Å²) >= 11 is 1.38. The highest BCUT2D eigenvalue weighted by molar-refractivity contribution is 7.90. The maximum atomic E-state index is 13.6. The predicted molar refractivity (Wildman–Crippen MR) is 96.3 cm³/mol. The van der Waals surface area contributed by atoms with Gasteiger partial charge in [0.25, 0.3) is 15.9 Å². The Bertz CT molecular complexity index is 1010. The summed E-state index contributed by atoms with van der Waals surface area (Å²) < 4.78 is 39.8. The van der Waals surface area contributed by atoms with Crippen LogP contribution in [0.1, 0.15) is 36.2 Å². The van der Waals surface area contributed by atoms with Crippen LogP contribution < -0.4 is 4.72 Å². The molecule has 0 radical (unpaired) electrons. The number of carbonyl (C=O) groups is 1. The first-order valence-corrected chi connectivity index (χ1v) is 9.74. The van der Waals surface area contributed by atoms with Gasteiger partial charge in [0.2, 0.25) is 0 Å². The number of sulfonamides is 1. The van der Waals surface area contributed by atoms with Crippen molar-refractivity contribution in [3.63, 3.8) is 0 Å². The Morgan fingerprint density at radius 2 is 2.08 bits per heavy atom. The first kappa shape index (κ1) is 19.8. The fourth-order valence-corrected chi connectivity index (χ4v) is 3.92. The molecule has 9 heteroatoms. The van der Waals surface area contributed by atoms with Crippen LogP contribution in [-0.2, 0) is 20.2 Å². The van der Waals surface area contributed by atoms with E-state index in [1.807, 2.05) is 20.8 Å². The third kappa shape index (κ3) is 4.53. The number of nitriles is 1. The second-order valence-corrected chi connectivity index (χ2v) is 9.06. The van der Waals surface area contributed by atoms with E-state index in [-0.39, 0.29) is 5.41 Å². The van der Waals surface area contributed by atoms with Gasteiger partial charge in [-0.05, 0) is 18.2 Å². The molecule has 0 aliphatic heterocycles. The zero-order chi connectivity index (χ0) is 19.5. The van der Waals surface area contributed by atoms with Crippen molar-refractivity contribution in [3.8, 4) is 6.07 Å². The summed E-state index contributed by atoms with van der Waals surface area (Å²) in [6, 6.07) is 4.66. The Morgan fingerprint density at radius 3 is 2.65 bits per heavy atom. The third-order valence-electron chi connectivity index (χ3n) is 3.18. The number of hydrogen-bond acceptors (Lipinski definition) is 6. The van der Waals surface area contributed by atoms with Gasteiger partial charge in [0.15, 0.2) is 0 Å². The van der Waals surface area contributed by atoms with E-state index >= 15 is 0 Å². The zero-order valence-corrected chi connectivity index (χ0v) is 15.9. The highest BCUT2D eigenvalue weighted by Crippen LogP contribution is 2.27. The molecule has 0 atom stereocenters. The zero-order valence-electron chi connectivity index (χ0n) is 14.3. The fourth-order valence-electron chi connectivity index (χ4n) is 1.93. The van der Waals surface area contributed by atoms with Crippen molar-refractivity contribution >= 4 is 33.3 Å². The summed E-state index contributed by atoms with van der Waals surface area (Å²) in [6.45, 7) is 6.01. The molecule has 6 nitrogen and oxygen atoms in total. The van der Waals surface area contributed by atoms with Gasteiger partial charge < -0.3 is 0 Å². The molecule has 1 heterocycles. The number of nitrogens with one attached hydrogen (secondary N) is 1. The molecule has 0 bridgehead atoms. The maximum absolute atomic E-state index is 13.6. The molecule has 2 rings (SSSR count). The van der Waals surface area contributed by atoms with E-state index in [2.05, 4.69) is 4.98 Å². The molecule has 0 fully saturated rings. The molecule has 1 N–H and O–H groups in total. The van der Waals surface area contributed by atoms with Crippen molar-refractivity contribution in [2.75, 3.05) is 0 Å². The van der Waals surface area contributed by atoms with Gasteiger partial charge in [0, 0.05) is 22.6 Å². The SMILES string of the molecule is CC(C)(C)c1ncc(C=CC(=O)NS(=O)(=O)c2cccc(F)c2C#N)s1. The van der Waals surface area contributed by atoms with E-state index in [9.17, 15) is 17.6 Å². The smallest absolute Gasteiger partial charge is 0.265 e. The molecule has 26 heavy (non-hydrogen) atoms. The number of halogens is 1. The molecule has 0 aliphatic rings. The second-order valence-electron chi connectivity index (χ2n) is 6.35. The third-order valence-corrected chi connectivity index (χ3v) is 5.95. The monoisotopic (exact) mass is 393 g/mol. The minimum atomic E-state index is -4.37. The van der Waals surface area contributed by atoms with E-state index in [1.165, 1.54) is 23.5 Å². The van der Waals surface area contributed by atoms with E-state index in [4.69, 9.17) is 5.26 Å². The average Bonchev–Trinajstić information content (AvgIpc) is 3.01. The lowest BCUT2D eigenvalue weighted by Gasteiger charge is -2.13. The van der Waals surface area contributed by atoms with Gasteiger partial charge in [0.1, 0.15) is 22.3 Å². The van der Waals surface area contributed by atoms with Gasteiger partial charge >= 0.3 is 0 Å². The minimum absolute atomic E-state index is 0.132. The van der Waals surface area contributed by atoms with Crippen molar-refractivity contribution in [3.05, 3.63) is 51.7 Å². The molecule has 2 aromatic rings. The van der Waals surface area contributed by atoms with Gasteiger partial charge in [-0.25, -0.2) is 22.5 Å². The number of hydrogen-bond donors (Lipinski definition) is 1. The number of rotatable bonds is 4. The first-order valence-electron chi connectivity index (χ1n) is 7.44. The standard InChI is InChI=1S/C17H16FN3O3S2/c1-17(2,3)16-20-10-11(25-16)7-8-15(22)21-26(23,24)14-6-4-5-13(18)12(14)9-19/h4-8,10H,1-3H3,(H,21,22). The Kier molecular flexibility index (Phi) is 5.59. The summed E-state index contributed by atoms with van der Waals surface area (Å²) in [5, 5.41) is 9.81. The minimum Gasteiger partial charge on any atom is -0.269 e. The van der Waals surface area contributed by atoms with E-state index in [1.54, 1.807) is 10.9 Å². The van der Waals surface area contributed by atoms with Crippen molar-refractivity contribution in [2.24, 2.45) is 0 Å². The maximum Gasteiger partial charge on any atom is 0.265 e. The van der Waals surface area contributed by atoms with E-state index < -0.39 is 32.2 Å². The van der Waals surface area contributed by atoms with Crippen LogP contribution in [0.4, 0.5) is 4.39 Å². The van der Waals surface area contributed by atoms with E-state index in [0.717, 1.165) is 29.3 Å². The lowest BCUT2D eigenvalue weighted by molar-refractivity contribution is -0.114. The van der Waals surface area contributed by atoms with Crippen LogP contribution >= 0.6 is 11.3 Å². The summed E-state index contributed by atoms with van der Waals surface area (Å²) in [7, 11) is -4.37. The molecule has 136 valence electrons. The number of aromatic nitrogens is 1. The molecule has 0 aliphatic carbocycles. The van der Waals surface area contributed by atoms with Gasteiger partial charge in [-0.15, -0.1) is 11.3 Å². The van der Waals surface area contributed by atoms with Crippen LogP contribution in [-0.4, -0.2) is 19.3 Å². The summed E-state index contributed by atoms with van der Waals surface area (Å²) in [4.78, 5) is 16.3. The second kappa shape index (κ2) is 7.35. The van der Waals surface area contributed by atoms with Gasteiger partial charge in [0.05, 0.1) is 5.01 Å². The van der Waals surface area contributed by atoms with Crippen LogP contribution in [0.2, 0.25) is 0 Å². The quantitative estimate of drug-likeness (QED) is 0.805. The average molecular weight is 393 g/mol. The summed E-state index contributed by atoms with van der Waals surface area (Å²) in [6.07, 6.45) is 4.07. The fraction of sp³-hybridized carbons (Fsp3) is 0.235. The molecule has 0 unspecified atom stereocenters. The number of thiazole rings is 1. The highest BCUT2D eigenvalue weighted by Gasteiger charge is 2.23. The van der Waals surface area contributed by atoms with Crippen LogP contribution in [0, 0.1) is 17.1 Å². The number of carbonyl (C=O) groups excluding carboxylic acids is 1. The largest absolute Gasteiger partial charge is 0.269 e. The normalized spacial score (nSPS) is 12.1. The van der Waals surface area contributed by atoms with Crippen molar-refractivity contribution in [1.29, 1.82) is 5.26 Å². The van der Waals surface area contributed by atoms with Crippen molar-refractivity contribution in [2.45, 2.75) is 31.1 Å². The molecule has 1 aromatic carbocycles. The highest BCUT2D eigenvalue weighted by atomic mass is 32.2.